The van der Waals surface area contributed by atoms with Crippen LogP contribution in [-0.2, 0) is 10.1 Å². The van der Waals surface area contributed by atoms with Crippen molar-refractivity contribution in [2.24, 2.45) is 0 Å². The van der Waals surface area contributed by atoms with Gasteiger partial charge in [0.15, 0.2) is 0 Å². The van der Waals surface area contributed by atoms with Gasteiger partial charge in [0.1, 0.15) is 6.54 Å². The van der Waals surface area contributed by atoms with Gasteiger partial charge >= 0.3 is 0 Å². The van der Waals surface area contributed by atoms with Gasteiger partial charge in [-0.3, -0.25) is 4.55 Å². The summed E-state index contributed by atoms with van der Waals surface area (Å²) < 4.78 is 27.6. The monoisotopic (exact) mass is 214 g/mol. The third kappa shape index (κ3) is 24.5. The lowest BCUT2D eigenvalue weighted by molar-refractivity contribution is -0.858. The lowest BCUT2D eigenvalue weighted by atomic mass is 10.6. The Bertz CT molecular complexity index is 189. The maximum absolute atomic E-state index is 9.79. The number of hydrogen-bond donors (Lipinski definition) is 3. The first kappa shape index (κ1) is 15.3. The third-order valence-electron chi connectivity index (χ3n) is 1.07. The van der Waals surface area contributed by atoms with Gasteiger partial charge in [-0.2, -0.15) is 8.42 Å². The highest BCUT2D eigenvalue weighted by molar-refractivity contribution is 7.85. The van der Waals surface area contributed by atoms with Crippen molar-refractivity contribution in [3.8, 4) is 0 Å². The third-order valence-corrected chi connectivity index (χ3v) is 2.00. The second-order valence-electron chi connectivity index (χ2n) is 2.97. The average Bonchev–Trinajstić information content (AvgIpc) is 1.84. The first-order valence-electron chi connectivity index (χ1n) is 4.18. The fourth-order valence-corrected chi connectivity index (χ4v) is 0.997. The molecule has 0 aromatic carbocycles. The van der Waals surface area contributed by atoms with Gasteiger partial charge in [-0.05, 0) is 6.42 Å². The van der Waals surface area contributed by atoms with E-state index < -0.39 is 10.1 Å². The Morgan fingerprint density at radius 2 is 1.77 bits per heavy atom. The Balaban J connectivity index is 0. The van der Waals surface area contributed by atoms with Crippen LogP contribution in [0.5, 0.6) is 0 Å². The molecule has 0 spiro atoms. The smallest absolute Gasteiger partial charge is 0.264 e. The summed E-state index contributed by atoms with van der Waals surface area (Å²) >= 11 is 0. The highest BCUT2D eigenvalue weighted by atomic mass is 32.2. The highest BCUT2D eigenvalue weighted by Gasteiger charge is 1.98. The SMILES string of the molecule is CCCS(=O)(=O)O.C[NH+](C)CCO. The summed E-state index contributed by atoms with van der Waals surface area (Å²) in [6, 6.07) is 0. The highest BCUT2D eigenvalue weighted by Crippen LogP contribution is 1.83. The van der Waals surface area contributed by atoms with Gasteiger partial charge in [-0.15, -0.1) is 0 Å². The minimum absolute atomic E-state index is 0.132. The standard InChI is InChI=1S/C4H11NO.C3H8O3S/c1-5(2)3-4-6;1-2-3-7(4,5)6/h6H,3-4H2,1-2H3;2-3H2,1H3,(H,4,5,6)/p+1. The Morgan fingerprint density at radius 1 is 1.31 bits per heavy atom. The maximum atomic E-state index is 9.79. The molecular formula is C7H20NO4S+. The van der Waals surface area contributed by atoms with E-state index >= 15 is 0 Å². The number of aliphatic hydroxyl groups excluding tert-OH is 1. The fourth-order valence-electron chi connectivity index (χ4n) is 0.482. The van der Waals surface area contributed by atoms with E-state index in [1.807, 2.05) is 14.1 Å². The number of aliphatic hydroxyl groups is 1. The molecule has 0 aromatic heterocycles. The van der Waals surface area contributed by atoms with Gasteiger partial charge in [-0.25, -0.2) is 0 Å². The van der Waals surface area contributed by atoms with Gasteiger partial charge in [0.05, 0.1) is 26.5 Å². The van der Waals surface area contributed by atoms with Crippen molar-refractivity contribution in [3.63, 3.8) is 0 Å². The molecular weight excluding hydrogens is 194 g/mol. The predicted molar refractivity (Wildman–Crippen MR) is 51.5 cm³/mol. The summed E-state index contributed by atoms with van der Waals surface area (Å²) in [6.07, 6.45) is 0.471. The largest absolute Gasteiger partial charge is 0.391 e. The molecule has 82 valence electrons. The minimum atomic E-state index is -3.67. The van der Waals surface area contributed by atoms with Gasteiger partial charge in [-0.1, -0.05) is 6.92 Å². The number of nitrogens with one attached hydrogen (secondary N) is 1. The van der Waals surface area contributed by atoms with Gasteiger partial charge in [0, 0.05) is 0 Å². The molecule has 5 nitrogen and oxygen atoms in total. The summed E-state index contributed by atoms with van der Waals surface area (Å²) in [5.74, 6) is -0.132. The van der Waals surface area contributed by atoms with Crippen LogP contribution in [0, 0.1) is 0 Å². The molecule has 0 heterocycles. The van der Waals surface area contributed by atoms with Crippen LogP contribution in [0.4, 0.5) is 0 Å². The Morgan fingerprint density at radius 3 is 1.77 bits per heavy atom. The molecule has 0 fully saturated rings. The zero-order valence-corrected chi connectivity index (χ0v) is 9.26. The first-order valence-corrected chi connectivity index (χ1v) is 5.79. The lowest BCUT2D eigenvalue weighted by Crippen LogP contribution is -3.06. The van der Waals surface area contributed by atoms with E-state index in [4.69, 9.17) is 9.66 Å². The molecule has 13 heavy (non-hydrogen) atoms. The average molecular weight is 214 g/mol. The van der Waals surface area contributed by atoms with Crippen LogP contribution in [0.15, 0.2) is 0 Å². The van der Waals surface area contributed by atoms with E-state index in [1.165, 1.54) is 4.90 Å². The van der Waals surface area contributed by atoms with Crippen molar-refractivity contribution in [1.29, 1.82) is 0 Å². The summed E-state index contributed by atoms with van der Waals surface area (Å²) in [4.78, 5) is 1.29. The van der Waals surface area contributed by atoms with Crippen molar-refractivity contribution in [2.75, 3.05) is 33.0 Å². The van der Waals surface area contributed by atoms with Gasteiger partial charge < -0.3 is 10.0 Å². The second-order valence-corrected chi connectivity index (χ2v) is 4.54. The van der Waals surface area contributed by atoms with Gasteiger partial charge in [0.2, 0.25) is 0 Å². The number of likely N-dealkylation sites (N-methyl/N-ethyl adjacent to an activating group) is 1. The molecule has 0 unspecified atom stereocenters. The molecule has 0 aliphatic rings. The number of rotatable bonds is 4. The topological polar surface area (TPSA) is 79.0 Å². The quantitative estimate of drug-likeness (QED) is 0.493. The van der Waals surface area contributed by atoms with E-state index in [9.17, 15) is 8.42 Å². The molecule has 0 amide bonds. The van der Waals surface area contributed by atoms with Gasteiger partial charge in [0.25, 0.3) is 10.1 Å². The summed E-state index contributed by atoms with van der Waals surface area (Å²) in [7, 11) is 0.346. The minimum Gasteiger partial charge on any atom is -0.391 e. The van der Waals surface area contributed by atoms with Crippen molar-refractivity contribution < 1.29 is 23.0 Å². The van der Waals surface area contributed by atoms with E-state index in [0.717, 1.165) is 6.54 Å². The Labute approximate surface area is 80.1 Å². The molecule has 0 saturated carbocycles. The maximum Gasteiger partial charge on any atom is 0.264 e. The summed E-state index contributed by atoms with van der Waals surface area (Å²) in [5, 5.41) is 8.22. The molecule has 0 radical (unpaired) electrons. The molecule has 0 aromatic rings. The van der Waals surface area contributed by atoms with Crippen LogP contribution in [0.25, 0.3) is 0 Å². The summed E-state index contributed by atoms with van der Waals surface area (Å²) in [5.41, 5.74) is 0. The first-order chi connectivity index (χ1) is 5.83. The van der Waals surface area contributed by atoms with Crippen molar-refractivity contribution in [2.45, 2.75) is 13.3 Å². The number of hydrogen-bond acceptors (Lipinski definition) is 3. The zero-order valence-electron chi connectivity index (χ0n) is 8.45. The Hall–Kier alpha value is -0.170. The second kappa shape index (κ2) is 8.43. The summed E-state index contributed by atoms with van der Waals surface area (Å²) in [6.45, 7) is 2.83. The predicted octanol–water partition coefficient (Wildman–Crippen LogP) is -1.59. The molecule has 0 rings (SSSR count). The molecule has 0 saturated heterocycles. The van der Waals surface area contributed by atoms with Crippen LogP contribution in [0.2, 0.25) is 0 Å². The zero-order chi connectivity index (χ0) is 10.9. The van der Waals surface area contributed by atoms with Crippen molar-refractivity contribution >= 4 is 10.1 Å². The fraction of sp³-hybridized carbons (Fsp3) is 1.00. The normalized spacial score (nSPS) is 10.9. The molecule has 0 aliphatic carbocycles. The molecule has 0 atom stereocenters. The lowest BCUT2D eigenvalue weighted by Gasteiger charge is -2.00. The van der Waals surface area contributed by atoms with Crippen LogP contribution >= 0.6 is 0 Å². The molecule has 3 N–H and O–H groups in total. The molecule has 0 aliphatic heterocycles. The van der Waals surface area contributed by atoms with Crippen molar-refractivity contribution in [1.82, 2.24) is 0 Å². The van der Waals surface area contributed by atoms with Crippen LogP contribution in [-0.4, -0.2) is 51.1 Å². The van der Waals surface area contributed by atoms with E-state index in [1.54, 1.807) is 6.92 Å². The van der Waals surface area contributed by atoms with Crippen LogP contribution < -0.4 is 4.90 Å². The van der Waals surface area contributed by atoms with E-state index in [2.05, 4.69) is 0 Å². The number of quaternary nitrogens is 1. The molecule has 0 bridgehead atoms. The van der Waals surface area contributed by atoms with E-state index in [0.29, 0.717) is 13.0 Å². The Kier molecular flexibility index (Phi) is 9.93. The van der Waals surface area contributed by atoms with E-state index in [-0.39, 0.29) is 5.75 Å². The van der Waals surface area contributed by atoms with Crippen LogP contribution in [0.1, 0.15) is 13.3 Å². The molecule has 6 heteroatoms. The van der Waals surface area contributed by atoms with Crippen LogP contribution in [0.3, 0.4) is 0 Å². The van der Waals surface area contributed by atoms with Crippen molar-refractivity contribution in [3.05, 3.63) is 0 Å².